The number of ether oxygens (including phenoxy) is 1. The third-order valence-corrected chi connectivity index (χ3v) is 4.65. The van der Waals surface area contributed by atoms with Crippen molar-refractivity contribution in [2.24, 2.45) is 11.8 Å². The van der Waals surface area contributed by atoms with Gasteiger partial charge in [0.25, 0.3) is 0 Å². The first-order valence-electron chi connectivity index (χ1n) is 10.2. The molecule has 0 aliphatic carbocycles. The maximum Gasteiger partial charge on any atom is 0.306 e. The van der Waals surface area contributed by atoms with Crippen LogP contribution in [0.2, 0.25) is 0 Å². The van der Waals surface area contributed by atoms with Crippen molar-refractivity contribution in [1.82, 2.24) is 10.6 Å². The third-order valence-electron chi connectivity index (χ3n) is 4.65. The van der Waals surface area contributed by atoms with E-state index in [2.05, 4.69) is 10.6 Å². The highest BCUT2D eigenvalue weighted by atomic mass is 16.5. The van der Waals surface area contributed by atoms with Crippen LogP contribution in [-0.4, -0.2) is 46.7 Å². The van der Waals surface area contributed by atoms with Gasteiger partial charge in [-0.15, -0.1) is 0 Å². The van der Waals surface area contributed by atoms with Gasteiger partial charge in [0, 0.05) is 24.1 Å². The second-order valence-electron chi connectivity index (χ2n) is 9.21. The molecule has 0 radical (unpaired) electrons. The summed E-state index contributed by atoms with van der Waals surface area (Å²) in [6.07, 6.45) is 1.67. The molecule has 0 aromatic carbocycles. The molecule has 0 heterocycles. The number of carbonyl (C=O) groups excluding carboxylic acids is 2. The zero-order chi connectivity index (χ0) is 22.1. The smallest absolute Gasteiger partial charge is 0.306 e. The molecule has 0 aliphatic rings. The molecule has 28 heavy (non-hydrogen) atoms. The molecule has 2 unspecified atom stereocenters. The number of amides is 2. The molecular formula is C21H40N2O5. The second-order valence-corrected chi connectivity index (χ2v) is 9.21. The van der Waals surface area contributed by atoms with Gasteiger partial charge in [-0.3, -0.25) is 14.4 Å². The molecular weight excluding hydrogens is 360 g/mol. The van der Waals surface area contributed by atoms with E-state index >= 15 is 0 Å². The van der Waals surface area contributed by atoms with Gasteiger partial charge in [0.2, 0.25) is 11.8 Å². The minimum atomic E-state index is -0.862. The monoisotopic (exact) mass is 400 g/mol. The fourth-order valence-corrected chi connectivity index (χ4v) is 2.89. The largest absolute Gasteiger partial charge is 0.481 e. The molecule has 0 saturated carbocycles. The van der Waals surface area contributed by atoms with E-state index in [-0.39, 0.29) is 30.2 Å². The van der Waals surface area contributed by atoms with Crippen LogP contribution in [0.15, 0.2) is 0 Å². The fourth-order valence-electron chi connectivity index (χ4n) is 2.89. The summed E-state index contributed by atoms with van der Waals surface area (Å²) in [5, 5.41) is 15.0. The number of aliphatic carboxylic acids is 1. The van der Waals surface area contributed by atoms with Crippen molar-refractivity contribution in [2.75, 3.05) is 6.61 Å². The van der Waals surface area contributed by atoms with Crippen molar-refractivity contribution in [3.05, 3.63) is 0 Å². The Balaban J connectivity index is 4.50. The van der Waals surface area contributed by atoms with E-state index in [9.17, 15) is 14.4 Å². The zero-order valence-electron chi connectivity index (χ0n) is 18.8. The van der Waals surface area contributed by atoms with Crippen LogP contribution in [-0.2, 0) is 19.1 Å². The second kappa shape index (κ2) is 11.4. The van der Waals surface area contributed by atoms with E-state index in [0.29, 0.717) is 25.9 Å². The van der Waals surface area contributed by atoms with Gasteiger partial charge in [-0.05, 0) is 60.8 Å². The first-order chi connectivity index (χ1) is 12.7. The minimum Gasteiger partial charge on any atom is -0.481 e. The summed E-state index contributed by atoms with van der Waals surface area (Å²) in [6, 6.07) is 0.0906. The van der Waals surface area contributed by atoms with Crippen LogP contribution >= 0.6 is 0 Å². The number of carboxylic acid groups (broad SMARTS) is 1. The Hall–Kier alpha value is -1.63. The minimum absolute atomic E-state index is 0.0507. The van der Waals surface area contributed by atoms with E-state index in [1.807, 2.05) is 48.5 Å². The normalized spacial score (nSPS) is 14.5. The number of hydrogen-bond donors (Lipinski definition) is 3. The van der Waals surface area contributed by atoms with Crippen LogP contribution in [0.3, 0.4) is 0 Å². The highest BCUT2D eigenvalue weighted by Crippen LogP contribution is 2.20. The topological polar surface area (TPSA) is 105 Å². The van der Waals surface area contributed by atoms with E-state index in [0.717, 1.165) is 0 Å². The number of carboxylic acids is 1. The maximum absolute atomic E-state index is 12.4. The highest BCUT2D eigenvalue weighted by molar-refractivity contribution is 5.80. The summed E-state index contributed by atoms with van der Waals surface area (Å²) >= 11 is 0. The summed E-state index contributed by atoms with van der Waals surface area (Å²) in [4.78, 5) is 35.5. The van der Waals surface area contributed by atoms with Gasteiger partial charge < -0.3 is 20.5 Å². The van der Waals surface area contributed by atoms with Gasteiger partial charge in [0.05, 0.1) is 17.9 Å². The average molecular weight is 401 g/mol. The van der Waals surface area contributed by atoms with Gasteiger partial charge in [-0.1, -0.05) is 13.8 Å². The highest BCUT2D eigenvalue weighted by Gasteiger charge is 2.28. The lowest BCUT2D eigenvalue weighted by Crippen LogP contribution is -2.47. The molecule has 2 amide bonds. The molecule has 7 heteroatoms. The van der Waals surface area contributed by atoms with E-state index < -0.39 is 23.0 Å². The SMILES string of the molecule is CCC(CC(C)C(=O)NC(C)(C)CCOC(C)(C)CC(=O)NC(C)C)C(=O)O. The number of hydrogen-bond acceptors (Lipinski definition) is 4. The summed E-state index contributed by atoms with van der Waals surface area (Å²) < 4.78 is 5.88. The Kier molecular flexibility index (Phi) is 10.7. The fraction of sp³-hybridized carbons (Fsp3) is 0.857. The molecule has 0 saturated heterocycles. The van der Waals surface area contributed by atoms with Gasteiger partial charge in [-0.25, -0.2) is 0 Å². The van der Waals surface area contributed by atoms with Crippen molar-refractivity contribution in [3.63, 3.8) is 0 Å². The van der Waals surface area contributed by atoms with Crippen LogP contribution in [0.4, 0.5) is 0 Å². The van der Waals surface area contributed by atoms with Crippen molar-refractivity contribution in [3.8, 4) is 0 Å². The molecule has 0 aliphatic heterocycles. The quantitative estimate of drug-likeness (QED) is 0.441. The summed E-state index contributed by atoms with van der Waals surface area (Å²) in [5.74, 6) is -1.95. The van der Waals surface area contributed by atoms with Gasteiger partial charge >= 0.3 is 5.97 Å². The summed E-state index contributed by atoms with van der Waals surface area (Å²) in [7, 11) is 0. The van der Waals surface area contributed by atoms with Gasteiger partial charge in [-0.2, -0.15) is 0 Å². The average Bonchev–Trinajstić information content (AvgIpc) is 2.49. The Morgan fingerprint density at radius 3 is 2.11 bits per heavy atom. The predicted molar refractivity (Wildman–Crippen MR) is 110 cm³/mol. The van der Waals surface area contributed by atoms with Crippen LogP contribution < -0.4 is 10.6 Å². The molecule has 0 aromatic rings. The van der Waals surface area contributed by atoms with Gasteiger partial charge in [0.15, 0.2) is 0 Å². The molecule has 0 rings (SSSR count). The summed E-state index contributed by atoms with van der Waals surface area (Å²) in [5.41, 5.74) is -1.09. The molecule has 0 spiro atoms. The Morgan fingerprint density at radius 1 is 1.07 bits per heavy atom. The van der Waals surface area contributed by atoms with Crippen LogP contribution in [0.1, 0.15) is 81.1 Å². The van der Waals surface area contributed by atoms with Crippen LogP contribution in [0.25, 0.3) is 0 Å². The lowest BCUT2D eigenvalue weighted by molar-refractivity contribution is -0.142. The van der Waals surface area contributed by atoms with Crippen molar-refractivity contribution in [2.45, 2.75) is 98.3 Å². The van der Waals surface area contributed by atoms with E-state index in [1.54, 1.807) is 6.92 Å². The number of nitrogens with one attached hydrogen (secondary N) is 2. The molecule has 3 N–H and O–H groups in total. The maximum atomic E-state index is 12.4. The van der Waals surface area contributed by atoms with Crippen molar-refractivity contribution < 1.29 is 24.2 Å². The molecule has 0 aromatic heterocycles. The first-order valence-corrected chi connectivity index (χ1v) is 10.2. The van der Waals surface area contributed by atoms with Crippen molar-refractivity contribution >= 4 is 17.8 Å². The number of rotatable bonds is 13. The van der Waals surface area contributed by atoms with E-state index in [4.69, 9.17) is 9.84 Å². The molecule has 0 fully saturated rings. The van der Waals surface area contributed by atoms with Crippen LogP contribution in [0.5, 0.6) is 0 Å². The van der Waals surface area contributed by atoms with E-state index in [1.165, 1.54) is 0 Å². The zero-order valence-corrected chi connectivity index (χ0v) is 18.8. The first kappa shape index (κ1) is 26.4. The molecule has 164 valence electrons. The molecule has 0 bridgehead atoms. The van der Waals surface area contributed by atoms with Crippen LogP contribution in [0, 0.1) is 11.8 Å². The lowest BCUT2D eigenvalue weighted by Gasteiger charge is -2.31. The Labute approximate surface area is 170 Å². The third kappa shape index (κ3) is 11.3. The van der Waals surface area contributed by atoms with Crippen molar-refractivity contribution in [1.29, 1.82) is 0 Å². The molecule has 7 nitrogen and oxygen atoms in total. The Morgan fingerprint density at radius 2 is 1.64 bits per heavy atom. The summed E-state index contributed by atoms with van der Waals surface area (Å²) in [6.45, 7) is 15.4. The molecule has 2 atom stereocenters. The predicted octanol–water partition coefficient (Wildman–Crippen LogP) is 3.12. The Bertz CT molecular complexity index is 529. The van der Waals surface area contributed by atoms with Gasteiger partial charge in [0.1, 0.15) is 0 Å². The standard InChI is InChI=1S/C21H40N2O5/c1-9-16(19(26)27)12-15(4)18(25)23-20(5,6)10-11-28-21(7,8)13-17(24)22-14(2)3/h14-16H,9-13H2,1-8H3,(H,22,24)(H,23,25)(H,26,27). The lowest BCUT2D eigenvalue weighted by atomic mass is 9.92. The number of carbonyl (C=O) groups is 3.